The van der Waals surface area contributed by atoms with Crippen molar-refractivity contribution >= 4 is 18.0 Å². The zero-order valence-corrected chi connectivity index (χ0v) is 19.0. The maximum absolute atomic E-state index is 12.9. The van der Waals surface area contributed by atoms with Crippen molar-refractivity contribution in [2.24, 2.45) is 11.8 Å². The lowest BCUT2D eigenvalue weighted by Crippen LogP contribution is -2.46. The zero-order chi connectivity index (χ0) is 23.5. The average molecular weight is 451 g/mol. The van der Waals surface area contributed by atoms with Crippen molar-refractivity contribution in [1.29, 1.82) is 0 Å². The van der Waals surface area contributed by atoms with Crippen molar-refractivity contribution in [3.05, 3.63) is 59.7 Å². The van der Waals surface area contributed by atoms with Gasteiger partial charge in [0.15, 0.2) is 0 Å². The molecule has 2 amide bonds. The van der Waals surface area contributed by atoms with Crippen molar-refractivity contribution in [3.63, 3.8) is 0 Å². The molecule has 7 nitrogen and oxygen atoms in total. The van der Waals surface area contributed by atoms with Crippen LogP contribution >= 0.6 is 0 Å². The second-order valence-electron chi connectivity index (χ2n) is 9.07. The SMILES string of the molecule is CC(CN(C)C(=O)C1CCCC1NC(=O)OCC1c2ccccc2-c2ccccc21)C(=O)O. The first kappa shape index (κ1) is 22.8. The Labute approximate surface area is 193 Å². The fraction of sp³-hybridized carbons (Fsp3) is 0.423. The monoisotopic (exact) mass is 450 g/mol. The molecule has 0 radical (unpaired) electrons. The molecule has 2 N–H and O–H groups in total. The molecule has 1 saturated carbocycles. The van der Waals surface area contributed by atoms with Gasteiger partial charge in [0.05, 0.1) is 11.8 Å². The molecule has 7 heteroatoms. The van der Waals surface area contributed by atoms with Crippen molar-refractivity contribution < 1.29 is 24.2 Å². The summed E-state index contributed by atoms with van der Waals surface area (Å²) in [4.78, 5) is 38.1. The summed E-state index contributed by atoms with van der Waals surface area (Å²) in [6.45, 7) is 1.94. The van der Waals surface area contributed by atoms with Gasteiger partial charge in [-0.1, -0.05) is 61.9 Å². The zero-order valence-electron chi connectivity index (χ0n) is 19.0. The Kier molecular flexibility index (Phi) is 6.67. The number of nitrogens with zero attached hydrogens (tertiary/aromatic N) is 1. The van der Waals surface area contributed by atoms with Crippen LogP contribution in [-0.2, 0) is 14.3 Å². The number of carboxylic acid groups (broad SMARTS) is 1. The van der Waals surface area contributed by atoms with Gasteiger partial charge in [-0.05, 0) is 35.1 Å². The second kappa shape index (κ2) is 9.65. The van der Waals surface area contributed by atoms with E-state index in [1.807, 2.05) is 24.3 Å². The molecule has 3 unspecified atom stereocenters. The van der Waals surface area contributed by atoms with Crippen LogP contribution in [-0.4, -0.2) is 54.2 Å². The van der Waals surface area contributed by atoms with E-state index in [0.717, 1.165) is 17.5 Å². The van der Waals surface area contributed by atoms with Crippen LogP contribution in [0, 0.1) is 11.8 Å². The first-order valence-electron chi connectivity index (χ1n) is 11.5. The van der Waals surface area contributed by atoms with Gasteiger partial charge in [0, 0.05) is 25.6 Å². The van der Waals surface area contributed by atoms with Gasteiger partial charge in [-0.15, -0.1) is 0 Å². The predicted molar refractivity (Wildman–Crippen MR) is 124 cm³/mol. The van der Waals surface area contributed by atoms with E-state index in [0.29, 0.717) is 12.8 Å². The summed E-state index contributed by atoms with van der Waals surface area (Å²) >= 11 is 0. The minimum absolute atomic E-state index is 0.0206. The molecule has 4 rings (SSSR count). The van der Waals surface area contributed by atoms with E-state index < -0.39 is 18.0 Å². The average Bonchev–Trinajstić information content (AvgIpc) is 3.39. The molecule has 0 saturated heterocycles. The van der Waals surface area contributed by atoms with E-state index in [4.69, 9.17) is 9.84 Å². The molecule has 3 atom stereocenters. The summed E-state index contributed by atoms with van der Waals surface area (Å²) in [7, 11) is 1.62. The van der Waals surface area contributed by atoms with E-state index in [-0.39, 0.29) is 36.9 Å². The molecule has 0 spiro atoms. The Balaban J connectivity index is 1.36. The van der Waals surface area contributed by atoms with Crippen LogP contribution in [0.5, 0.6) is 0 Å². The van der Waals surface area contributed by atoms with E-state index in [9.17, 15) is 14.4 Å². The summed E-state index contributed by atoms with van der Waals surface area (Å²) in [5, 5.41) is 12.0. The van der Waals surface area contributed by atoms with Crippen molar-refractivity contribution in [1.82, 2.24) is 10.2 Å². The van der Waals surface area contributed by atoms with Crippen molar-refractivity contribution in [2.75, 3.05) is 20.2 Å². The lowest BCUT2D eigenvalue weighted by atomic mass is 9.98. The summed E-state index contributed by atoms with van der Waals surface area (Å²) in [6, 6.07) is 16.0. The lowest BCUT2D eigenvalue weighted by molar-refractivity contribution is -0.143. The summed E-state index contributed by atoms with van der Waals surface area (Å²) in [5.74, 6) is -2.10. The van der Waals surface area contributed by atoms with Crippen LogP contribution in [0.15, 0.2) is 48.5 Å². The third kappa shape index (κ3) is 4.72. The Hall–Kier alpha value is -3.35. The number of carboxylic acids is 1. The number of carbonyl (C=O) groups excluding carboxylic acids is 2. The van der Waals surface area contributed by atoms with E-state index >= 15 is 0 Å². The number of carbonyl (C=O) groups is 3. The predicted octanol–water partition coefficient (Wildman–Crippen LogP) is 3.87. The first-order chi connectivity index (χ1) is 15.9. The smallest absolute Gasteiger partial charge is 0.407 e. The van der Waals surface area contributed by atoms with Crippen molar-refractivity contribution in [3.8, 4) is 11.1 Å². The molecule has 0 heterocycles. The number of amides is 2. The molecule has 2 aromatic carbocycles. The van der Waals surface area contributed by atoms with Crippen LogP contribution in [0.25, 0.3) is 11.1 Å². The third-order valence-electron chi connectivity index (χ3n) is 6.83. The van der Waals surface area contributed by atoms with Gasteiger partial charge >= 0.3 is 12.1 Å². The van der Waals surface area contributed by atoms with Gasteiger partial charge in [0.1, 0.15) is 6.61 Å². The summed E-state index contributed by atoms with van der Waals surface area (Å²) in [5.41, 5.74) is 4.63. The maximum atomic E-state index is 12.9. The first-order valence-corrected chi connectivity index (χ1v) is 11.5. The summed E-state index contributed by atoms with van der Waals surface area (Å²) < 4.78 is 5.63. The Morgan fingerprint density at radius 2 is 1.67 bits per heavy atom. The standard InChI is InChI=1S/C26H30N2O5/c1-16(25(30)31)14-28(2)24(29)21-12-7-13-23(21)27-26(32)33-15-22-19-10-5-3-8-17(19)18-9-4-6-11-20(18)22/h3-6,8-11,16,21-23H,7,12-15H2,1-2H3,(H,27,32)(H,30,31). The molecule has 1 fully saturated rings. The molecule has 0 bridgehead atoms. The molecule has 33 heavy (non-hydrogen) atoms. The Bertz CT molecular complexity index is 1010. The summed E-state index contributed by atoms with van der Waals surface area (Å²) in [6.07, 6.45) is 1.66. The number of hydrogen-bond donors (Lipinski definition) is 2. The minimum atomic E-state index is -0.936. The number of ether oxygens (including phenoxy) is 1. The highest BCUT2D eigenvalue weighted by molar-refractivity contribution is 5.82. The number of rotatable bonds is 7. The topological polar surface area (TPSA) is 95.9 Å². The molecule has 2 aliphatic carbocycles. The maximum Gasteiger partial charge on any atom is 0.407 e. The van der Waals surface area contributed by atoms with Crippen LogP contribution in [0.3, 0.4) is 0 Å². The van der Waals surface area contributed by atoms with E-state index in [1.165, 1.54) is 16.0 Å². The number of fused-ring (bicyclic) bond motifs is 3. The molecular formula is C26H30N2O5. The fourth-order valence-electron chi connectivity index (χ4n) is 5.08. The molecule has 2 aromatic rings. The van der Waals surface area contributed by atoms with Gasteiger partial charge in [0.2, 0.25) is 5.91 Å². The number of benzene rings is 2. The minimum Gasteiger partial charge on any atom is -0.481 e. The van der Waals surface area contributed by atoms with Gasteiger partial charge in [-0.3, -0.25) is 9.59 Å². The molecule has 0 aromatic heterocycles. The number of nitrogens with one attached hydrogen (secondary N) is 1. The largest absolute Gasteiger partial charge is 0.481 e. The van der Waals surface area contributed by atoms with Gasteiger partial charge < -0.3 is 20.1 Å². The van der Waals surface area contributed by atoms with Gasteiger partial charge in [-0.2, -0.15) is 0 Å². The highest BCUT2D eigenvalue weighted by atomic mass is 16.5. The normalized spacial score (nSPS) is 19.9. The number of aliphatic carboxylic acids is 1. The van der Waals surface area contributed by atoms with Crippen LogP contribution < -0.4 is 5.32 Å². The van der Waals surface area contributed by atoms with Crippen molar-refractivity contribution in [2.45, 2.75) is 38.1 Å². The highest BCUT2D eigenvalue weighted by Crippen LogP contribution is 2.44. The number of hydrogen-bond acceptors (Lipinski definition) is 4. The second-order valence-corrected chi connectivity index (χ2v) is 9.07. The van der Waals surface area contributed by atoms with Gasteiger partial charge in [0.25, 0.3) is 0 Å². The van der Waals surface area contributed by atoms with Crippen LogP contribution in [0.4, 0.5) is 4.79 Å². The highest BCUT2D eigenvalue weighted by Gasteiger charge is 2.37. The van der Waals surface area contributed by atoms with Gasteiger partial charge in [-0.25, -0.2) is 4.79 Å². The molecule has 2 aliphatic rings. The Morgan fingerprint density at radius 3 is 2.27 bits per heavy atom. The third-order valence-corrected chi connectivity index (χ3v) is 6.83. The molecular weight excluding hydrogens is 420 g/mol. The van der Waals surface area contributed by atoms with Crippen LogP contribution in [0.2, 0.25) is 0 Å². The van der Waals surface area contributed by atoms with E-state index in [1.54, 1.807) is 14.0 Å². The Morgan fingerprint density at radius 1 is 1.06 bits per heavy atom. The lowest BCUT2D eigenvalue weighted by Gasteiger charge is -2.26. The molecule has 0 aliphatic heterocycles. The number of alkyl carbamates (subject to hydrolysis) is 1. The van der Waals surface area contributed by atoms with Crippen LogP contribution in [0.1, 0.15) is 43.2 Å². The quantitative estimate of drug-likeness (QED) is 0.668. The molecule has 174 valence electrons. The van der Waals surface area contributed by atoms with E-state index in [2.05, 4.69) is 29.6 Å². The fourth-order valence-corrected chi connectivity index (χ4v) is 5.08.